The van der Waals surface area contributed by atoms with E-state index in [1.807, 2.05) is 6.92 Å². The lowest BCUT2D eigenvalue weighted by Gasteiger charge is -2.23. The van der Waals surface area contributed by atoms with Crippen LogP contribution in [-0.2, 0) is 6.18 Å². The Hall–Kier alpha value is -2.73. The summed E-state index contributed by atoms with van der Waals surface area (Å²) in [6.45, 7) is 8.95. The second kappa shape index (κ2) is 10.1. The molecule has 3 rings (SSSR count). The summed E-state index contributed by atoms with van der Waals surface area (Å²) in [5.74, 6) is -1.17. The lowest BCUT2D eigenvalue weighted by atomic mass is 10.1. The van der Waals surface area contributed by atoms with E-state index in [2.05, 4.69) is 20.6 Å². The third kappa shape index (κ3) is 6.29. The second-order valence-corrected chi connectivity index (χ2v) is 10.7. The quantitative estimate of drug-likeness (QED) is 0.535. The van der Waals surface area contributed by atoms with Crippen molar-refractivity contribution < 1.29 is 27.9 Å². The molecule has 0 spiro atoms. The largest absolute Gasteiger partial charge is 0.417 e. The predicted octanol–water partition coefficient (Wildman–Crippen LogP) is 4.17. The Bertz CT molecular complexity index is 1100. The van der Waals surface area contributed by atoms with Gasteiger partial charge in [-0.15, -0.1) is 11.3 Å². The second-order valence-electron chi connectivity index (χ2n) is 9.73. The van der Waals surface area contributed by atoms with Gasteiger partial charge in [0, 0.05) is 35.9 Å². The van der Waals surface area contributed by atoms with E-state index in [1.165, 1.54) is 0 Å². The summed E-state index contributed by atoms with van der Waals surface area (Å²) in [5.41, 5.74) is -2.04. The number of likely N-dealkylation sites (tertiary alicyclic amines) is 1. The first-order chi connectivity index (χ1) is 16.2. The molecule has 192 valence electrons. The van der Waals surface area contributed by atoms with Crippen LogP contribution in [-0.4, -0.2) is 62.6 Å². The van der Waals surface area contributed by atoms with Crippen LogP contribution >= 0.6 is 11.3 Å². The SMILES string of the molecule is C[C@@H](CO)NC(=O)c1nc(C(=O)N2CCC[C@@H]2C)c(-c2cnc(NC(C)(C)C)cc2C(F)(F)F)s1. The van der Waals surface area contributed by atoms with Crippen LogP contribution in [0, 0.1) is 0 Å². The van der Waals surface area contributed by atoms with Crippen molar-refractivity contribution >= 4 is 29.0 Å². The van der Waals surface area contributed by atoms with Crippen molar-refractivity contribution in [2.24, 2.45) is 0 Å². The van der Waals surface area contributed by atoms with Gasteiger partial charge in [0.05, 0.1) is 17.0 Å². The molecule has 2 amide bonds. The van der Waals surface area contributed by atoms with Gasteiger partial charge in [0.2, 0.25) is 0 Å². The number of nitrogens with zero attached hydrogens (tertiary/aromatic N) is 3. The van der Waals surface area contributed by atoms with Crippen molar-refractivity contribution in [3.05, 3.63) is 28.5 Å². The van der Waals surface area contributed by atoms with Crippen molar-refractivity contribution in [1.29, 1.82) is 0 Å². The van der Waals surface area contributed by atoms with E-state index in [4.69, 9.17) is 0 Å². The number of rotatable bonds is 6. The summed E-state index contributed by atoms with van der Waals surface area (Å²) in [6, 6.07) is 0.214. The molecule has 0 radical (unpaired) electrons. The van der Waals surface area contributed by atoms with Gasteiger partial charge in [-0.3, -0.25) is 9.59 Å². The van der Waals surface area contributed by atoms with Gasteiger partial charge in [-0.05, 0) is 53.5 Å². The topological polar surface area (TPSA) is 107 Å². The number of aliphatic hydroxyl groups excluding tert-OH is 1. The fourth-order valence-corrected chi connectivity index (χ4v) is 4.75. The molecule has 1 aliphatic rings. The zero-order chi connectivity index (χ0) is 26.1. The molecule has 2 aromatic rings. The summed E-state index contributed by atoms with van der Waals surface area (Å²) in [7, 11) is 0. The minimum Gasteiger partial charge on any atom is -0.394 e. The summed E-state index contributed by atoms with van der Waals surface area (Å²) in [5, 5.41) is 14.5. The highest BCUT2D eigenvalue weighted by Crippen LogP contribution is 2.42. The molecule has 3 N–H and O–H groups in total. The highest BCUT2D eigenvalue weighted by atomic mass is 32.1. The Kier molecular flexibility index (Phi) is 7.75. The van der Waals surface area contributed by atoms with Crippen LogP contribution in [0.2, 0.25) is 0 Å². The first-order valence-electron chi connectivity index (χ1n) is 11.3. The van der Waals surface area contributed by atoms with Crippen LogP contribution in [0.5, 0.6) is 0 Å². The standard InChI is InChI=1S/C23H30F3N5O3S/c1-12(11-32)28-19(33)20-29-17(21(34)31-8-6-7-13(31)2)18(35-20)14-10-27-16(30-22(3,4)5)9-15(14)23(24,25)26/h9-10,12-13,32H,6-8,11H2,1-5H3,(H,27,30)(H,28,33)/t12-,13-/m0/s1. The number of hydrogen-bond acceptors (Lipinski definition) is 7. The molecule has 2 aromatic heterocycles. The maximum Gasteiger partial charge on any atom is 0.417 e. The summed E-state index contributed by atoms with van der Waals surface area (Å²) >= 11 is 0.698. The molecular formula is C23H30F3N5O3S. The van der Waals surface area contributed by atoms with Crippen LogP contribution in [0.25, 0.3) is 10.4 Å². The van der Waals surface area contributed by atoms with Gasteiger partial charge in [-0.2, -0.15) is 13.2 Å². The molecule has 12 heteroatoms. The minimum atomic E-state index is -4.74. The molecule has 0 bridgehead atoms. The lowest BCUT2D eigenvalue weighted by molar-refractivity contribution is -0.137. The molecular weight excluding hydrogens is 483 g/mol. The molecule has 35 heavy (non-hydrogen) atoms. The third-order valence-corrected chi connectivity index (χ3v) is 6.53. The summed E-state index contributed by atoms with van der Waals surface area (Å²) in [4.78, 5) is 35.9. The smallest absolute Gasteiger partial charge is 0.394 e. The van der Waals surface area contributed by atoms with Crippen LogP contribution in [0.4, 0.5) is 19.0 Å². The fourth-order valence-electron chi connectivity index (χ4n) is 3.77. The number of amides is 2. The number of halogens is 3. The molecule has 1 saturated heterocycles. The van der Waals surface area contributed by atoms with E-state index in [1.54, 1.807) is 32.6 Å². The van der Waals surface area contributed by atoms with Crippen LogP contribution in [0.1, 0.15) is 73.3 Å². The van der Waals surface area contributed by atoms with E-state index >= 15 is 0 Å². The monoisotopic (exact) mass is 513 g/mol. The molecule has 0 unspecified atom stereocenters. The molecule has 2 atom stereocenters. The number of hydrogen-bond donors (Lipinski definition) is 3. The van der Waals surface area contributed by atoms with Gasteiger partial charge in [-0.25, -0.2) is 9.97 Å². The molecule has 1 aliphatic heterocycles. The van der Waals surface area contributed by atoms with Gasteiger partial charge in [0.1, 0.15) is 11.5 Å². The fraction of sp³-hybridized carbons (Fsp3) is 0.565. The average molecular weight is 514 g/mol. The number of aromatic nitrogens is 2. The van der Waals surface area contributed by atoms with Gasteiger partial charge < -0.3 is 20.6 Å². The third-order valence-electron chi connectivity index (χ3n) is 5.45. The molecule has 8 nitrogen and oxygen atoms in total. The lowest BCUT2D eigenvalue weighted by Crippen LogP contribution is -2.35. The zero-order valence-corrected chi connectivity index (χ0v) is 21.1. The Labute approximate surface area is 206 Å². The molecule has 0 aromatic carbocycles. The van der Waals surface area contributed by atoms with E-state index < -0.39 is 35.1 Å². The number of carbonyl (C=O) groups excluding carboxylic acids is 2. The van der Waals surface area contributed by atoms with Crippen LogP contribution in [0.15, 0.2) is 12.3 Å². The zero-order valence-electron chi connectivity index (χ0n) is 20.3. The van der Waals surface area contributed by atoms with Crippen molar-refractivity contribution in [2.75, 3.05) is 18.5 Å². The Morgan fingerprint density at radius 3 is 2.54 bits per heavy atom. The van der Waals surface area contributed by atoms with E-state index in [0.29, 0.717) is 17.9 Å². The van der Waals surface area contributed by atoms with E-state index in [9.17, 15) is 27.9 Å². The highest BCUT2D eigenvalue weighted by Gasteiger charge is 2.38. The van der Waals surface area contributed by atoms with E-state index in [-0.39, 0.29) is 39.6 Å². The van der Waals surface area contributed by atoms with Crippen molar-refractivity contribution in [3.63, 3.8) is 0 Å². The predicted molar refractivity (Wildman–Crippen MR) is 127 cm³/mol. The molecule has 1 fully saturated rings. The number of nitrogens with one attached hydrogen (secondary N) is 2. The minimum absolute atomic E-state index is 0.0360. The Morgan fingerprint density at radius 2 is 2.00 bits per heavy atom. The van der Waals surface area contributed by atoms with Crippen molar-refractivity contribution in [2.45, 2.75) is 71.3 Å². The van der Waals surface area contributed by atoms with Crippen molar-refractivity contribution in [3.8, 4) is 10.4 Å². The van der Waals surface area contributed by atoms with Gasteiger partial charge in [-0.1, -0.05) is 0 Å². The first-order valence-corrected chi connectivity index (χ1v) is 12.1. The van der Waals surface area contributed by atoms with Gasteiger partial charge in [0.15, 0.2) is 5.01 Å². The average Bonchev–Trinajstić information content (AvgIpc) is 3.38. The van der Waals surface area contributed by atoms with Crippen molar-refractivity contribution in [1.82, 2.24) is 20.2 Å². The molecule has 0 aliphatic carbocycles. The number of thiazole rings is 1. The van der Waals surface area contributed by atoms with Gasteiger partial charge >= 0.3 is 6.18 Å². The van der Waals surface area contributed by atoms with Crippen LogP contribution in [0.3, 0.4) is 0 Å². The number of aliphatic hydroxyl groups is 1. The normalized spacial score (nSPS) is 17.4. The maximum absolute atomic E-state index is 14.2. The highest BCUT2D eigenvalue weighted by molar-refractivity contribution is 7.17. The Balaban J connectivity index is 2.16. The van der Waals surface area contributed by atoms with Gasteiger partial charge in [0.25, 0.3) is 11.8 Å². The number of carbonyl (C=O) groups is 2. The maximum atomic E-state index is 14.2. The van der Waals surface area contributed by atoms with Crippen LogP contribution < -0.4 is 10.6 Å². The number of pyridine rings is 1. The number of alkyl halides is 3. The summed E-state index contributed by atoms with van der Waals surface area (Å²) in [6.07, 6.45) is -2.14. The first kappa shape index (κ1) is 26.9. The summed E-state index contributed by atoms with van der Waals surface area (Å²) < 4.78 is 42.5. The Morgan fingerprint density at radius 1 is 1.31 bits per heavy atom. The van der Waals surface area contributed by atoms with E-state index in [0.717, 1.165) is 25.1 Å². The number of anilines is 1. The molecule has 0 saturated carbocycles. The molecule has 3 heterocycles.